The summed E-state index contributed by atoms with van der Waals surface area (Å²) in [5.41, 5.74) is 6.75. The predicted octanol–water partition coefficient (Wildman–Crippen LogP) is 2.05. The fourth-order valence-corrected chi connectivity index (χ4v) is 2.14. The lowest BCUT2D eigenvalue weighted by Gasteiger charge is -2.15. The molecule has 1 aromatic heterocycles. The molecule has 0 saturated carbocycles. The van der Waals surface area contributed by atoms with Crippen LogP contribution in [0.1, 0.15) is 17.3 Å². The van der Waals surface area contributed by atoms with Crippen LogP contribution in [0, 0.1) is 0 Å². The molecule has 19 heavy (non-hydrogen) atoms. The number of hydrogen-bond acceptors (Lipinski definition) is 3. The van der Waals surface area contributed by atoms with Crippen molar-refractivity contribution in [3.05, 3.63) is 47.0 Å². The molecule has 0 aliphatic carbocycles. The maximum absolute atomic E-state index is 12.1. The molecule has 0 aliphatic heterocycles. The Morgan fingerprint density at radius 1 is 1.58 bits per heavy atom. The highest BCUT2D eigenvalue weighted by Gasteiger charge is 2.13. The summed E-state index contributed by atoms with van der Waals surface area (Å²) >= 11 is 3.33. The minimum Gasteiger partial charge on any atom is -0.398 e. The number of nitrogens with two attached hydrogens (primary N) is 1. The number of anilines is 1. The summed E-state index contributed by atoms with van der Waals surface area (Å²) in [6.45, 7) is 2.60. The molecule has 100 valence electrons. The lowest BCUT2D eigenvalue weighted by molar-refractivity contribution is 0.0937. The Labute approximate surface area is 120 Å². The van der Waals surface area contributed by atoms with Gasteiger partial charge in [0.2, 0.25) is 0 Å². The summed E-state index contributed by atoms with van der Waals surface area (Å²) in [4.78, 5) is 16.1. The largest absolute Gasteiger partial charge is 0.398 e. The van der Waals surface area contributed by atoms with Crippen LogP contribution in [0.15, 0.2) is 41.4 Å². The Hall–Kier alpha value is -1.82. The number of nitrogens with zero attached hydrogens (tertiary/aromatic N) is 2. The summed E-state index contributed by atoms with van der Waals surface area (Å²) in [7, 11) is 0. The Morgan fingerprint density at radius 3 is 3.05 bits per heavy atom. The van der Waals surface area contributed by atoms with E-state index < -0.39 is 0 Å². The molecule has 5 nitrogen and oxygen atoms in total. The molecular formula is C13H15BrN4O. The average Bonchev–Trinajstić information content (AvgIpc) is 2.84. The summed E-state index contributed by atoms with van der Waals surface area (Å²) in [5, 5.41) is 2.91. The number of carbonyl (C=O) groups is 1. The average molecular weight is 323 g/mol. The van der Waals surface area contributed by atoms with Crippen molar-refractivity contribution in [3.63, 3.8) is 0 Å². The number of halogens is 1. The van der Waals surface area contributed by atoms with Crippen LogP contribution in [0.4, 0.5) is 5.69 Å². The monoisotopic (exact) mass is 322 g/mol. The van der Waals surface area contributed by atoms with Gasteiger partial charge in [-0.05, 0) is 25.1 Å². The van der Waals surface area contributed by atoms with E-state index in [1.54, 1.807) is 30.7 Å². The van der Waals surface area contributed by atoms with Gasteiger partial charge in [0, 0.05) is 35.1 Å². The van der Waals surface area contributed by atoms with E-state index in [-0.39, 0.29) is 11.9 Å². The third-order valence-corrected chi connectivity index (χ3v) is 3.17. The van der Waals surface area contributed by atoms with Gasteiger partial charge in [-0.1, -0.05) is 15.9 Å². The lowest BCUT2D eigenvalue weighted by atomic mass is 10.1. The second-order valence-corrected chi connectivity index (χ2v) is 5.28. The molecule has 1 amide bonds. The molecule has 0 radical (unpaired) electrons. The number of benzene rings is 1. The fourth-order valence-electron chi connectivity index (χ4n) is 1.78. The van der Waals surface area contributed by atoms with E-state index in [9.17, 15) is 4.79 Å². The fraction of sp³-hybridized carbons (Fsp3) is 0.231. The standard InChI is InChI=1S/C13H15BrN4O/c1-9(7-18-5-4-16-8-18)17-13(19)11-6-10(14)2-3-12(11)15/h2-6,8-9H,7,15H2,1H3,(H,17,19). The quantitative estimate of drug-likeness (QED) is 0.846. The molecule has 0 bridgehead atoms. The highest BCUT2D eigenvalue weighted by Crippen LogP contribution is 2.18. The predicted molar refractivity (Wildman–Crippen MR) is 77.7 cm³/mol. The normalized spacial score (nSPS) is 12.1. The first-order valence-electron chi connectivity index (χ1n) is 5.88. The topological polar surface area (TPSA) is 72.9 Å². The second kappa shape index (κ2) is 5.88. The van der Waals surface area contributed by atoms with Crippen molar-refractivity contribution in [2.45, 2.75) is 19.5 Å². The molecule has 0 aliphatic rings. The molecule has 2 rings (SSSR count). The number of aromatic nitrogens is 2. The Kier molecular flexibility index (Phi) is 4.21. The second-order valence-electron chi connectivity index (χ2n) is 4.37. The van der Waals surface area contributed by atoms with Crippen LogP contribution in [-0.4, -0.2) is 21.5 Å². The minimum absolute atomic E-state index is 0.0138. The van der Waals surface area contributed by atoms with Gasteiger partial charge >= 0.3 is 0 Å². The lowest BCUT2D eigenvalue weighted by Crippen LogP contribution is -2.35. The van der Waals surface area contributed by atoms with Crippen LogP contribution in [0.5, 0.6) is 0 Å². The van der Waals surface area contributed by atoms with Crippen LogP contribution < -0.4 is 11.1 Å². The molecule has 1 unspecified atom stereocenters. The zero-order valence-corrected chi connectivity index (χ0v) is 12.1. The summed E-state index contributed by atoms with van der Waals surface area (Å²) in [5.74, 6) is -0.175. The first-order valence-corrected chi connectivity index (χ1v) is 6.67. The van der Waals surface area contributed by atoms with Crippen molar-refractivity contribution in [3.8, 4) is 0 Å². The molecule has 1 heterocycles. The molecule has 0 fully saturated rings. The number of carbonyl (C=O) groups excluding carboxylic acids is 1. The van der Waals surface area contributed by atoms with Gasteiger partial charge in [-0.15, -0.1) is 0 Å². The van der Waals surface area contributed by atoms with E-state index in [4.69, 9.17) is 5.73 Å². The van der Waals surface area contributed by atoms with Crippen molar-refractivity contribution in [1.29, 1.82) is 0 Å². The summed E-state index contributed by atoms with van der Waals surface area (Å²) < 4.78 is 2.74. The third kappa shape index (κ3) is 3.57. The van der Waals surface area contributed by atoms with Crippen molar-refractivity contribution < 1.29 is 4.79 Å². The van der Waals surface area contributed by atoms with E-state index in [0.717, 1.165) is 4.47 Å². The van der Waals surface area contributed by atoms with Crippen molar-refractivity contribution >= 4 is 27.5 Å². The highest BCUT2D eigenvalue weighted by molar-refractivity contribution is 9.10. The van der Waals surface area contributed by atoms with Gasteiger partial charge in [-0.25, -0.2) is 4.98 Å². The van der Waals surface area contributed by atoms with Crippen LogP contribution >= 0.6 is 15.9 Å². The highest BCUT2D eigenvalue weighted by atomic mass is 79.9. The van der Waals surface area contributed by atoms with Gasteiger partial charge in [0.25, 0.3) is 5.91 Å². The maximum Gasteiger partial charge on any atom is 0.253 e. The number of amides is 1. The zero-order valence-electron chi connectivity index (χ0n) is 10.5. The smallest absolute Gasteiger partial charge is 0.253 e. The Balaban J connectivity index is 2.02. The third-order valence-electron chi connectivity index (χ3n) is 2.68. The first kappa shape index (κ1) is 13.6. The van der Waals surface area contributed by atoms with Crippen molar-refractivity contribution in [1.82, 2.24) is 14.9 Å². The molecule has 0 spiro atoms. The van der Waals surface area contributed by atoms with Crippen LogP contribution in [0.2, 0.25) is 0 Å². The number of imidazole rings is 1. The molecular weight excluding hydrogens is 308 g/mol. The van der Waals surface area contributed by atoms with Gasteiger partial charge in [0.15, 0.2) is 0 Å². The van der Waals surface area contributed by atoms with Gasteiger partial charge < -0.3 is 15.6 Å². The summed E-state index contributed by atoms with van der Waals surface area (Å²) in [6, 6.07) is 5.22. The molecule has 0 saturated heterocycles. The van der Waals surface area contributed by atoms with E-state index in [2.05, 4.69) is 26.2 Å². The van der Waals surface area contributed by atoms with Crippen molar-refractivity contribution in [2.75, 3.05) is 5.73 Å². The number of nitrogens with one attached hydrogen (secondary N) is 1. The number of hydrogen-bond donors (Lipinski definition) is 2. The molecule has 6 heteroatoms. The van der Waals surface area contributed by atoms with E-state index >= 15 is 0 Å². The van der Waals surface area contributed by atoms with E-state index in [0.29, 0.717) is 17.8 Å². The molecule has 3 N–H and O–H groups in total. The van der Waals surface area contributed by atoms with Crippen LogP contribution in [0.25, 0.3) is 0 Å². The number of nitrogen functional groups attached to an aromatic ring is 1. The van der Waals surface area contributed by atoms with Gasteiger partial charge in [0.05, 0.1) is 11.9 Å². The SMILES string of the molecule is CC(Cn1ccnc1)NC(=O)c1cc(Br)ccc1N. The van der Waals surface area contributed by atoms with Gasteiger partial charge in [-0.2, -0.15) is 0 Å². The Morgan fingerprint density at radius 2 is 2.37 bits per heavy atom. The summed E-state index contributed by atoms with van der Waals surface area (Å²) in [6.07, 6.45) is 5.28. The number of rotatable bonds is 4. The van der Waals surface area contributed by atoms with Crippen molar-refractivity contribution in [2.24, 2.45) is 0 Å². The van der Waals surface area contributed by atoms with Gasteiger partial charge in [0.1, 0.15) is 0 Å². The van der Waals surface area contributed by atoms with Crippen LogP contribution in [-0.2, 0) is 6.54 Å². The van der Waals surface area contributed by atoms with E-state index in [1.807, 2.05) is 17.7 Å². The van der Waals surface area contributed by atoms with Crippen LogP contribution in [0.3, 0.4) is 0 Å². The molecule has 2 aromatic rings. The zero-order chi connectivity index (χ0) is 13.8. The van der Waals surface area contributed by atoms with Gasteiger partial charge in [-0.3, -0.25) is 4.79 Å². The van der Waals surface area contributed by atoms with E-state index in [1.165, 1.54) is 0 Å². The first-order chi connectivity index (χ1) is 9.06. The Bertz CT molecular complexity index is 568. The molecule has 1 aromatic carbocycles. The maximum atomic E-state index is 12.1. The minimum atomic E-state index is -0.175. The molecule has 1 atom stereocenters.